The third-order valence-electron chi connectivity index (χ3n) is 4.43. The largest absolute Gasteiger partial charge is 0.314 e. The summed E-state index contributed by atoms with van der Waals surface area (Å²) in [5, 5.41) is 4.21. The molecule has 0 saturated carbocycles. The molecular formula is C20H24ClN3. The zero-order chi connectivity index (χ0) is 16.9. The third-order valence-corrected chi connectivity index (χ3v) is 4.67. The number of hydrogen-bond acceptors (Lipinski definition) is 3. The minimum Gasteiger partial charge on any atom is -0.314 e. The van der Waals surface area contributed by atoms with Gasteiger partial charge in [-0.1, -0.05) is 49.7 Å². The number of piperazine rings is 1. The number of fused-ring (bicyclic) bond motifs is 2. The lowest BCUT2D eigenvalue weighted by Gasteiger charge is -2.35. The average molecular weight is 342 g/mol. The molecule has 1 aliphatic carbocycles. The Hall–Kier alpha value is -1.68. The summed E-state index contributed by atoms with van der Waals surface area (Å²) in [5.74, 6) is 0. The Morgan fingerprint density at radius 2 is 1.83 bits per heavy atom. The van der Waals surface area contributed by atoms with Gasteiger partial charge < -0.3 is 5.32 Å². The van der Waals surface area contributed by atoms with E-state index in [1.807, 2.05) is 32.2 Å². The van der Waals surface area contributed by atoms with Crippen molar-refractivity contribution in [1.29, 1.82) is 0 Å². The van der Waals surface area contributed by atoms with E-state index in [1.54, 1.807) is 0 Å². The number of aromatic nitrogens is 1. The van der Waals surface area contributed by atoms with Gasteiger partial charge in [-0.2, -0.15) is 0 Å². The molecule has 0 spiro atoms. The lowest BCUT2D eigenvalue weighted by molar-refractivity contribution is 0.195. The Morgan fingerprint density at radius 1 is 1.08 bits per heavy atom. The van der Waals surface area contributed by atoms with Crippen molar-refractivity contribution in [3.8, 4) is 0 Å². The smallest absolute Gasteiger partial charge is 0.0789 e. The van der Waals surface area contributed by atoms with Crippen molar-refractivity contribution < 1.29 is 0 Å². The van der Waals surface area contributed by atoms with Gasteiger partial charge in [0.05, 0.1) is 11.7 Å². The van der Waals surface area contributed by atoms with Gasteiger partial charge in [-0.05, 0) is 34.9 Å². The van der Waals surface area contributed by atoms with Crippen LogP contribution < -0.4 is 5.32 Å². The molecule has 2 heterocycles. The van der Waals surface area contributed by atoms with Crippen molar-refractivity contribution in [2.75, 3.05) is 26.2 Å². The molecule has 1 aromatic heterocycles. The quantitative estimate of drug-likeness (QED) is 0.841. The van der Waals surface area contributed by atoms with E-state index in [9.17, 15) is 0 Å². The van der Waals surface area contributed by atoms with Gasteiger partial charge in [-0.15, -0.1) is 0 Å². The fraction of sp³-hybridized carbons (Fsp3) is 0.350. The molecule has 0 amide bonds. The third kappa shape index (κ3) is 3.39. The van der Waals surface area contributed by atoms with Gasteiger partial charge in [0.2, 0.25) is 0 Å². The molecule has 1 atom stereocenters. The van der Waals surface area contributed by atoms with Crippen LogP contribution in [0.25, 0.3) is 12.2 Å². The number of pyridine rings is 1. The molecule has 1 aliphatic heterocycles. The minimum atomic E-state index is 0.195. The van der Waals surface area contributed by atoms with Crippen molar-refractivity contribution in [1.82, 2.24) is 15.2 Å². The number of halogens is 1. The highest BCUT2D eigenvalue weighted by molar-refractivity contribution is 6.30. The van der Waals surface area contributed by atoms with Crippen LogP contribution in [0.4, 0.5) is 0 Å². The Balaban J connectivity index is 0.000000815. The zero-order valence-corrected chi connectivity index (χ0v) is 15.1. The SMILES string of the molecule is CC.Clc1ccc2c(c1)C=Cc1cccnc1C2N1CCNCC1. The minimum absolute atomic E-state index is 0.195. The number of nitrogens with one attached hydrogen (secondary N) is 1. The van der Waals surface area contributed by atoms with Gasteiger partial charge >= 0.3 is 0 Å². The van der Waals surface area contributed by atoms with Crippen molar-refractivity contribution >= 4 is 23.8 Å². The summed E-state index contributed by atoms with van der Waals surface area (Å²) in [7, 11) is 0. The van der Waals surface area contributed by atoms with Gasteiger partial charge in [-0.3, -0.25) is 9.88 Å². The van der Waals surface area contributed by atoms with Crippen LogP contribution in [-0.4, -0.2) is 36.1 Å². The van der Waals surface area contributed by atoms with Gasteiger partial charge in [0.1, 0.15) is 0 Å². The molecule has 1 unspecified atom stereocenters. The average Bonchev–Trinajstić information content (AvgIpc) is 2.81. The van der Waals surface area contributed by atoms with Gasteiger partial charge in [-0.25, -0.2) is 0 Å². The first kappa shape index (κ1) is 17.2. The predicted octanol–water partition coefficient (Wildman–Crippen LogP) is 4.24. The topological polar surface area (TPSA) is 28.2 Å². The highest BCUT2D eigenvalue weighted by Crippen LogP contribution is 2.36. The fourth-order valence-electron chi connectivity index (χ4n) is 3.38. The summed E-state index contributed by atoms with van der Waals surface area (Å²) in [5.41, 5.74) is 4.81. The second kappa shape index (κ2) is 7.93. The van der Waals surface area contributed by atoms with E-state index in [-0.39, 0.29) is 6.04 Å². The maximum Gasteiger partial charge on any atom is 0.0789 e. The maximum absolute atomic E-state index is 6.20. The molecule has 1 saturated heterocycles. The van der Waals surface area contributed by atoms with E-state index in [0.717, 1.165) is 36.9 Å². The Bertz CT molecular complexity index is 721. The number of nitrogens with zero attached hydrogens (tertiary/aromatic N) is 2. The lowest BCUT2D eigenvalue weighted by Crippen LogP contribution is -2.45. The molecule has 24 heavy (non-hydrogen) atoms. The van der Waals surface area contributed by atoms with Crippen LogP contribution in [0.15, 0.2) is 36.5 Å². The Labute approximate surface area is 149 Å². The molecule has 1 N–H and O–H groups in total. The first-order valence-corrected chi connectivity index (χ1v) is 9.08. The predicted molar refractivity (Wildman–Crippen MR) is 102 cm³/mol. The highest BCUT2D eigenvalue weighted by atomic mass is 35.5. The van der Waals surface area contributed by atoms with E-state index in [1.165, 1.54) is 16.7 Å². The van der Waals surface area contributed by atoms with E-state index < -0.39 is 0 Å². The summed E-state index contributed by atoms with van der Waals surface area (Å²) in [6.45, 7) is 8.11. The van der Waals surface area contributed by atoms with E-state index in [2.05, 4.69) is 40.6 Å². The molecule has 0 bridgehead atoms. The normalized spacial score (nSPS) is 19.5. The Morgan fingerprint density at radius 3 is 2.62 bits per heavy atom. The van der Waals surface area contributed by atoms with Crippen LogP contribution >= 0.6 is 11.6 Å². The van der Waals surface area contributed by atoms with Crippen LogP contribution in [0.1, 0.15) is 42.3 Å². The summed E-state index contributed by atoms with van der Waals surface area (Å²) >= 11 is 6.20. The van der Waals surface area contributed by atoms with Crippen LogP contribution in [0.3, 0.4) is 0 Å². The molecule has 0 radical (unpaired) electrons. The van der Waals surface area contributed by atoms with Crippen molar-refractivity contribution in [3.63, 3.8) is 0 Å². The molecule has 2 aromatic rings. The molecule has 3 nitrogen and oxygen atoms in total. The standard InChI is InChI=1S/C18H18ClN3.C2H6/c19-15-5-6-16-14(12-15)4-3-13-2-1-7-21-17(13)18(16)22-10-8-20-9-11-22;1-2/h1-7,12,18,20H,8-11H2;1-2H3. The van der Waals surface area contributed by atoms with Gasteiger partial charge in [0, 0.05) is 37.4 Å². The van der Waals surface area contributed by atoms with Gasteiger partial charge in [0.25, 0.3) is 0 Å². The van der Waals surface area contributed by atoms with Crippen LogP contribution in [0.2, 0.25) is 5.02 Å². The van der Waals surface area contributed by atoms with E-state index in [4.69, 9.17) is 16.6 Å². The number of hydrogen-bond donors (Lipinski definition) is 1. The number of rotatable bonds is 1. The Kier molecular flexibility index (Phi) is 5.67. The molecule has 1 fully saturated rings. The van der Waals surface area contributed by atoms with Crippen molar-refractivity contribution in [3.05, 3.63) is 63.9 Å². The van der Waals surface area contributed by atoms with Gasteiger partial charge in [0.15, 0.2) is 0 Å². The molecule has 126 valence electrons. The molecular weight excluding hydrogens is 318 g/mol. The molecule has 1 aromatic carbocycles. The van der Waals surface area contributed by atoms with Crippen LogP contribution in [0, 0.1) is 0 Å². The first-order valence-electron chi connectivity index (χ1n) is 8.70. The summed E-state index contributed by atoms with van der Waals surface area (Å²) in [4.78, 5) is 7.23. The lowest BCUT2D eigenvalue weighted by atomic mass is 9.96. The van der Waals surface area contributed by atoms with E-state index in [0.29, 0.717) is 0 Å². The number of benzene rings is 1. The summed E-state index contributed by atoms with van der Waals surface area (Å²) in [6.07, 6.45) is 6.20. The molecule has 2 aliphatic rings. The zero-order valence-electron chi connectivity index (χ0n) is 14.3. The molecule has 4 rings (SSSR count). The summed E-state index contributed by atoms with van der Waals surface area (Å²) in [6, 6.07) is 10.5. The van der Waals surface area contributed by atoms with Crippen molar-refractivity contribution in [2.24, 2.45) is 0 Å². The molecule has 4 heteroatoms. The second-order valence-electron chi connectivity index (χ2n) is 5.77. The van der Waals surface area contributed by atoms with Crippen LogP contribution in [-0.2, 0) is 0 Å². The van der Waals surface area contributed by atoms with Crippen molar-refractivity contribution in [2.45, 2.75) is 19.9 Å². The fourth-order valence-corrected chi connectivity index (χ4v) is 3.56. The highest BCUT2D eigenvalue weighted by Gasteiger charge is 2.29. The monoisotopic (exact) mass is 341 g/mol. The van der Waals surface area contributed by atoms with E-state index >= 15 is 0 Å². The second-order valence-corrected chi connectivity index (χ2v) is 6.21. The first-order chi connectivity index (χ1) is 11.8. The summed E-state index contributed by atoms with van der Waals surface area (Å²) < 4.78 is 0. The maximum atomic E-state index is 6.20. The van der Waals surface area contributed by atoms with Crippen LogP contribution in [0.5, 0.6) is 0 Å².